The highest BCUT2D eigenvalue weighted by Gasteiger charge is 2.24. The molecule has 2 fully saturated rings. The molecule has 2 heterocycles. The Morgan fingerprint density at radius 2 is 2.19 bits per heavy atom. The third kappa shape index (κ3) is 2.41. The summed E-state index contributed by atoms with van der Waals surface area (Å²) in [4.78, 5) is 0. The van der Waals surface area contributed by atoms with E-state index in [0.717, 1.165) is 50.4 Å². The molecule has 0 amide bonds. The molecule has 5 nitrogen and oxygen atoms in total. The fourth-order valence-electron chi connectivity index (χ4n) is 1.93. The van der Waals surface area contributed by atoms with Crippen LogP contribution in [0.5, 0.6) is 0 Å². The maximum Gasteiger partial charge on any atom is 0.222 e. The molecule has 5 heteroatoms. The molecule has 1 saturated heterocycles. The van der Waals surface area contributed by atoms with Gasteiger partial charge in [0.2, 0.25) is 11.8 Å². The first-order chi connectivity index (χ1) is 7.92. The summed E-state index contributed by atoms with van der Waals surface area (Å²) in [5.74, 6) is 1.81. The summed E-state index contributed by atoms with van der Waals surface area (Å²) >= 11 is 0. The third-order valence-corrected chi connectivity index (χ3v) is 3.11. The number of aromatic nitrogens is 2. The van der Waals surface area contributed by atoms with Gasteiger partial charge in [-0.05, 0) is 19.3 Å². The van der Waals surface area contributed by atoms with Crippen molar-refractivity contribution in [2.45, 2.75) is 37.6 Å². The standard InChI is InChI=1S/C11H17N3O2/c1-2-9(1)12-5-3-10-13-14-11(16-10)8-4-6-15-7-8/h8-9,12H,1-7H2. The molecule has 0 spiro atoms. The molecule has 1 aromatic rings. The van der Waals surface area contributed by atoms with Crippen LogP contribution in [0.25, 0.3) is 0 Å². The molecule has 1 aliphatic heterocycles. The first-order valence-electron chi connectivity index (χ1n) is 6.05. The monoisotopic (exact) mass is 223 g/mol. The Labute approximate surface area is 94.6 Å². The molecule has 3 rings (SSSR count). The summed E-state index contributed by atoms with van der Waals surface area (Å²) in [5, 5.41) is 11.6. The van der Waals surface area contributed by atoms with Gasteiger partial charge in [0.25, 0.3) is 0 Å². The van der Waals surface area contributed by atoms with Crippen molar-refractivity contribution in [3.05, 3.63) is 11.8 Å². The molecule has 1 aromatic heterocycles. The van der Waals surface area contributed by atoms with Crippen molar-refractivity contribution < 1.29 is 9.15 Å². The minimum absolute atomic E-state index is 0.317. The lowest BCUT2D eigenvalue weighted by atomic mass is 10.1. The summed E-state index contributed by atoms with van der Waals surface area (Å²) in [6.07, 6.45) is 4.46. The van der Waals surface area contributed by atoms with Crippen molar-refractivity contribution in [2.75, 3.05) is 19.8 Å². The van der Waals surface area contributed by atoms with Gasteiger partial charge >= 0.3 is 0 Å². The van der Waals surface area contributed by atoms with Gasteiger partial charge in [-0.3, -0.25) is 0 Å². The van der Waals surface area contributed by atoms with Gasteiger partial charge in [0.1, 0.15) is 0 Å². The van der Waals surface area contributed by atoms with Crippen molar-refractivity contribution in [3.8, 4) is 0 Å². The molecule has 1 N–H and O–H groups in total. The number of rotatable bonds is 5. The van der Waals surface area contributed by atoms with Gasteiger partial charge in [0.15, 0.2) is 0 Å². The number of ether oxygens (including phenoxy) is 1. The molecule has 16 heavy (non-hydrogen) atoms. The summed E-state index contributed by atoms with van der Waals surface area (Å²) in [7, 11) is 0. The molecule has 2 aliphatic rings. The van der Waals surface area contributed by atoms with Crippen LogP contribution in [0.1, 0.15) is 37.0 Å². The zero-order valence-electron chi connectivity index (χ0n) is 9.32. The molecule has 1 atom stereocenters. The Hall–Kier alpha value is -0.940. The minimum atomic E-state index is 0.317. The van der Waals surface area contributed by atoms with Crippen LogP contribution >= 0.6 is 0 Å². The fraction of sp³-hybridized carbons (Fsp3) is 0.818. The van der Waals surface area contributed by atoms with Crippen LogP contribution in [0.3, 0.4) is 0 Å². The second-order valence-corrected chi connectivity index (χ2v) is 4.57. The maximum atomic E-state index is 5.63. The van der Waals surface area contributed by atoms with Crippen molar-refractivity contribution in [1.82, 2.24) is 15.5 Å². The lowest BCUT2D eigenvalue weighted by Crippen LogP contribution is -2.19. The predicted molar refractivity (Wildman–Crippen MR) is 57.2 cm³/mol. The van der Waals surface area contributed by atoms with Crippen LogP contribution in [0, 0.1) is 0 Å². The summed E-state index contributed by atoms with van der Waals surface area (Å²) < 4.78 is 10.9. The number of nitrogens with zero attached hydrogens (tertiary/aromatic N) is 2. The normalized spacial score (nSPS) is 25.1. The Kier molecular flexibility index (Phi) is 2.88. The highest BCUT2D eigenvalue weighted by molar-refractivity contribution is 4.94. The van der Waals surface area contributed by atoms with Crippen molar-refractivity contribution in [3.63, 3.8) is 0 Å². The third-order valence-electron chi connectivity index (χ3n) is 3.11. The van der Waals surface area contributed by atoms with Gasteiger partial charge in [0, 0.05) is 25.6 Å². The number of nitrogens with one attached hydrogen (secondary N) is 1. The smallest absolute Gasteiger partial charge is 0.222 e. The highest BCUT2D eigenvalue weighted by atomic mass is 16.5. The number of hydrogen-bond acceptors (Lipinski definition) is 5. The van der Waals surface area contributed by atoms with E-state index in [1.54, 1.807) is 0 Å². The second-order valence-electron chi connectivity index (χ2n) is 4.57. The van der Waals surface area contributed by atoms with Crippen LogP contribution < -0.4 is 5.32 Å². The van der Waals surface area contributed by atoms with Crippen LogP contribution in [0.2, 0.25) is 0 Å². The summed E-state index contributed by atoms with van der Waals surface area (Å²) in [6.45, 7) is 2.47. The maximum absolute atomic E-state index is 5.63. The van der Waals surface area contributed by atoms with Gasteiger partial charge in [-0.25, -0.2) is 0 Å². The lowest BCUT2D eigenvalue weighted by molar-refractivity contribution is 0.190. The second kappa shape index (κ2) is 4.51. The Morgan fingerprint density at radius 3 is 2.94 bits per heavy atom. The quantitative estimate of drug-likeness (QED) is 0.802. The SMILES string of the molecule is C(Cc1nnc(C2CCOC2)o1)NC1CC1. The lowest BCUT2D eigenvalue weighted by Gasteiger charge is -2.00. The molecular formula is C11H17N3O2. The van der Waals surface area contributed by atoms with E-state index in [1.807, 2.05) is 0 Å². The summed E-state index contributed by atoms with van der Waals surface area (Å²) in [5.41, 5.74) is 0. The average Bonchev–Trinajstić information content (AvgIpc) is 2.83. The molecule has 0 bridgehead atoms. The van der Waals surface area contributed by atoms with Crippen LogP contribution in [0.15, 0.2) is 4.42 Å². The van der Waals surface area contributed by atoms with E-state index in [0.29, 0.717) is 5.92 Å². The van der Waals surface area contributed by atoms with E-state index in [4.69, 9.17) is 9.15 Å². The Morgan fingerprint density at radius 1 is 1.25 bits per heavy atom. The van der Waals surface area contributed by atoms with Crippen molar-refractivity contribution >= 4 is 0 Å². The van der Waals surface area contributed by atoms with E-state index < -0.39 is 0 Å². The van der Waals surface area contributed by atoms with E-state index in [-0.39, 0.29) is 0 Å². The molecule has 0 aromatic carbocycles. The average molecular weight is 223 g/mol. The molecule has 1 aliphatic carbocycles. The van der Waals surface area contributed by atoms with Gasteiger partial charge < -0.3 is 14.5 Å². The van der Waals surface area contributed by atoms with Gasteiger partial charge in [-0.2, -0.15) is 0 Å². The predicted octanol–water partition coefficient (Wildman–Crippen LogP) is 0.868. The van der Waals surface area contributed by atoms with Gasteiger partial charge in [-0.1, -0.05) is 0 Å². The largest absolute Gasteiger partial charge is 0.425 e. The van der Waals surface area contributed by atoms with Crippen LogP contribution in [-0.2, 0) is 11.2 Å². The number of hydrogen-bond donors (Lipinski definition) is 1. The highest BCUT2D eigenvalue weighted by Crippen LogP contribution is 2.24. The minimum Gasteiger partial charge on any atom is -0.425 e. The molecular weight excluding hydrogens is 206 g/mol. The molecule has 1 saturated carbocycles. The zero-order chi connectivity index (χ0) is 10.8. The van der Waals surface area contributed by atoms with E-state index in [2.05, 4.69) is 15.5 Å². The molecule has 0 radical (unpaired) electrons. The van der Waals surface area contributed by atoms with Crippen LogP contribution in [-0.4, -0.2) is 36.0 Å². The van der Waals surface area contributed by atoms with E-state index >= 15 is 0 Å². The topological polar surface area (TPSA) is 60.2 Å². The Bertz CT molecular complexity index is 343. The van der Waals surface area contributed by atoms with E-state index in [9.17, 15) is 0 Å². The van der Waals surface area contributed by atoms with Crippen molar-refractivity contribution in [2.24, 2.45) is 0 Å². The zero-order valence-corrected chi connectivity index (χ0v) is 9.32. The fourth-order valence-corrected chi connectivity index (χ4v) is 1.93. The van der Waals surface area contributed by atoms with Crippen LogP contribution in [0.4, 0.5) is 0 Å². The first kappa shape index (κ1) is 10.2. The first-order valence-corrected chi connectivity index (χ1v) is 6.05. The van der Waals surface area contributed by atoms with E-state index in [1.165, 1.54) is 12.8 Å². The summed E-state index contributed by atoms with van der Waals surface area (Å²) in [6, 6.07) is 0.741. The van der Waals surface area contributed by atoms with Crippen molar-refractivity contribution in [1.29, 1.82) is 0 Å². The molecule has 1 unspecified atom stereocenters. The molecule has 88 valence electrons. The van der Waals surface area contributed by atoms with Gasteiger partial charge in [-0.15, -0.1) is 10.2 Å². The van der Waals surface area contributed by atoms with Gasteiger partial charge in [0.05, 0.1) is 12.5 Å². The Balaban J connectivity index is 1.50.